The molecule has 2 aliphatic carbocycles. The molecule has 148 valence electrons. The van der Waals surface area contributed by atoms with Crippen molar-refractivity contribution in [3.63, 3.8) is 0 Å². The molecule has 0 unspecified atom stereocenters. The van der Waals surface area contributed by atoms with Crippen LogP contribution in [0.1, 0.15) is 37.8 Å². The van der Waals surface area contributed by atoms with Crippen LogP contribution in [0, 0.1) is 87.9 Å². The zero-order chi connectivity index (χ0) is 20.0. The molecular formula is C26H26FeO2+2. The first-order valence-electron chi connectivity index (χ1n) is 9.59. The second kappa shape index (κ2) is 15.3. The van der Waals surface area contributed by atoms with Crippen LogP contribution in [0.5, 0.6) is 11.5 Å². The van der Waals surface area contributed by atoms with Crippen LogP contribution in [0.4, 0.5) is 0 Å². The first-order valence-corrected chi connectivity index (χ1v) is 9.59. The van der Waals surface area contributed by atoms with Crippen molar-refractivity contribution < 1.29 is 26.5 Å². The van der Waals surface area contributed by atoms with Crippen LogP contribution in [0.15, 0.2) is 12.1 Å². The van der Waals surface area contributed by atoms with Crippen molar-refractivity contribution in [1.29, 1.82) is 0 Å². The molecule has 3 heteroatoms. The molecule has 0 aromatic heterocycles. The van der Waals surface area contributed by atoms with Gasteiger partial charge in [-0.2, -0.15) is 0 Å². The number of hydrogen-bond acceptors (Lipinski definition) is 2. The molecule has 0 bridgehead atoms. The fraction of sp³-hybridized carbons (Fsp3) is 0.231. The summed E-state index contributed by atoms with van der Waals surface area (Å²) in [4.78, 5) is 0. The average molecular weight is 426 g/mol. The van der Waals surface area contributed by atoms with Gasteiger partial charge in [0.1, 0.15) is 11.5 Å². The maximum atomic E-state index is 5.80. The molecule has 0 amide bonds. The Labute approximate surface area is 189 Å². The Morgan fingerprint density at radius 1 is 0.724 bits per heavy atom. The van der Waals surface area contributed by atoms with E-state index in [1.54, 1.807) is 0 Å². The average Bonchev–Trinajstić information content (AvgIpc) is 3.46. The zero-order valence-corrected chi connectivity index (χ0v) is 18.0. The molecule has 29 heavy (non-hydrogen) atoms. The molecule has 10 radical (unpaired) electrons. The Hall–Kier alpha value is -1.54. The van der Waals surface area contributed by atoms with Crippen LogP contribution in [-0.2, 0) is 17.1 Å². The summed E-state index contributed by atoms with van der Waals surface area (Å²) in [5, 5.41) is 0. The van der Waals surface area contributed by atoms with Crippen molar-refractivity contribution in [2.75, 3.05) is 13.2 Å². The summed E-state index contributed by atoms with van der Waals surface area (Å²) >= 11 is 0. The van der Waals surface area contributed by atoms with E-state index in [9.17, 15) is 0 Å². The van der Waals surface area contributed by atoms with Crippen molar-refractivity contribution in [2.45, 2.75) is 26.7 Å². The van der Waals surface area contributed by atoms with E-state index >= 15 is 0 Å². The maximum absolute atomic E-state index is 5.80. The zero-order valence-electron chi connectivity index (χ0n) is 16.9. The summed E-state index contributed by atoms with van der Waals surface area (Å²) in [5.41, 5.74) is 1.49. The smallest absolute Gasteiger partial charge is 0.492 e. The van der Waals surface area contributed by atoms with Gasteiger partial charge in [-0.1, -0.05) is 31.6 Å². The topological polar surface area (TPSA) is 18.5 Å². The van der Waals surface area contributed by atoms with Crippen molar-refractivity contribution in [3.05, 3.63) is 87.0 Å². The van der Waals surface area contributed by atoms with Gasteiger partial charge in [0.05, 0.1) is 30.3 Å². The standard InChI is InChI=1S/C21H21O2.C5H5.Fe/c1-4-13-22-20-16-19(12-11-17-9-7-8-10-17)21(23-14-5-2)15-18(20)6-3;1-2-4-5-3-1;/h3,7-10,15-16H,4-5,13-14H2,1-2H3;1-5H;/q;;+2. The molecule has 0 heterocycles. The molecule has 0 atom stereocenters. The minimum atomic E-state index is 0. The minimum absolute atomic E-state index is 0. The fourth-order valence-corrected chi connectivity index (χ4v) is 2.35. The number of hydrogen-bond donors (Lipinski definition) is 0. The third-order valence-electron chi connectivity index (χ3n) is 3.72. The molecule has 0 spiro atoms. The molecule has 2 aliphatic rings. The molecule has 1 aromatic rings. The minimum Gasteiger partial charge on any atom is -0.492 e. The SMILES string of the molecule is C#Cc1cc(OCCC)c(C#C[C]2[CH][CH][CH][CH]2)cc1OCCC.[CH]1[CH][CH][CH][CH]1.[Fe+2]. The molecule has 3 rings (SSSR count). The van der Waals surface area contributed by atoms with Crippen LogP contribution in [0.3, 0.4) is 0 Å². The molecular weight excluding hydrogens is 400 g/mol. The number of benzene rings is 1. The quantitative estimate of drug-likeness (QED) is 0.470. The Morgan fingerprint density at radius 3 is 1.69 bits per heavy atom. The van der Waals surface area contributed by atoms with Crippen molar-refractivity contribution >= 4 is 0 Å². The summed E-state index contributed by atoms with van der Waals surface area (Å²) in [6, 6.07) is 3.72. The van der Waals surface area contributed by atoms with Crippen LogP contribution in [0.25, 0.3) is 0 Å². The maximum Gasteiger partial charge on any atom is 2.00 e. The first-order chi connectivity index (χ1) is 13.8. The summed E-state index contributed by atoms with van der Waals surface area (Å²) in [6.45, 7) is 5.38. The summed E-state index contributed by atoms with van der Waals surface area (Å²) < 4.78 is 11.6. The number of terminal acetylenes is 1. The number of rotatable bonds is 6. The second-order valence-electron chi connectivity index (χ2n) is 6.07. The monoisotopic (exact) mass is 426 g/mol. The van der Waals surface area contributed by atoms with Crippen molar-refractivity contribution in [2.24, 2.45) is 0 Å². The van der Waals surface area contributed by atoms with E-state index in [1.165, 1.54) is 0 Å². The van der Waals surface area contributed by atoms with Crippen molar-refractivity contribution in [1.82, 2.24) is 0 Å². The van der Waals surface area contributed by atoms with E-state index in [-0.39, 0.29) is 17.1 Å². The molecule has 2 nitrogen and oxygen atoms in total. The van der Waals surface area contributed by atoms with E-state index < -0.39 is 0 Å². The van der Waals surface area contributed by atoms with Gasteiger partial charge >= 0.3 is 17.1 Å². The fourth-order valence-electron chi connectivity index (χ4n) is 2.35. The Bertz CT molecular complexity index is 676. The van der Waals surface area contributed by atoms with Crippen LogP contribution in [-0.4, -0.2) is 13.2 Å². The predicted octanol–water partition coefficient (Wildman–Crippen LogP) is 5.02. The van der Waals surface area contributed by atoms with E-state index in [2.05, 4.69) is 31.6 Å². The Balaban J connectivity index is 0.000000610. The van der Waals surface area contributed by atoms with Gasteiger partial charge in [-0.05, 0) is 70.6 Å². The third kappa shape index (κ3) is 9.21. The van der Waals surface area contributed by atoms with E-state index in [0.717, 1.165) is 24.3 Å². The largest absolute Gasteiger partial charge is 2.00 e. The van der Waals surface area contributed by atoms with Crippen LogP contribution < -0.4 is 9.47 Å². The van der Waals surface area contributed by atoms with Gasteiger partial charge in [0, 0.05) is 12.1 Å². The van der Waals surface area contributed by atoms with E-state index in [1.807, 2.05) is 69.9 Å². The molecule has 0 saturated heterocycles. The molecule has 1 aromatic carbocycles. The van der Waals surface area contributed by atoms with Gasteiger partial charge < -0.3 is 9.47 Å². The normalized spacial score (nSPS) is 15.2. The van der Waals surface area contributed by atoms with Crippen molar-refractivity contribution in [3.8, 4) is 35.7 Å². The third-order valence-corrected chi connectivity index (χ3v) is 3.72. The Morgan fingerprint density at radius 2 is 1.21 bits per heavy atom. The van der Waals surface area contributed by atoms with Gasteiger partial charge in [0.25, 0.3) is 0 Å². The second-order valence-corrected chi connectivity index (χ2v) is 6.07. The van der Waals surface area contributed by atoms with Crippen LogP contribution >= 0.6 is 0 Å². The Kier molecular flexibility index (Phi) is 13.5. The summed E-state index contributed by atoms with van der Waals surface area (Å²) in [5.74, 6) is 11.3. The van der Waals surface area contributed by atoms with Gasteiger partial charge in [-0.15, -0.1) is 6.42 Å². The first kappa shape index (κ1) is 25.5. The van der Waals surface area contributed by atoms with E-state index in [0.29, 0.717) is 30.3 Å². The molecule has 2 saturated carbocycles. The van der Waals surface area contributed by atoms with Crippen LogP contribution in [0.2, 0.25) is 0 Å². The number of ether oxygens (including phenoxy) is 2. The van der Waals surface area contributed by atoms with Gasteiger partial charge in [0.2, 0.25) is 0 Å². The van der Waals surface area contributed by atoms with Gasteiger partial charge in [-0.3, -0.25) is 0 Å². The predicted molar refractivity (Wildman–Crippen MR) is 115 cm³/mol. The molecule has 2 fully saturated rings. The molecule has 0 N–H and O–H groups in total. The summed E-state index contributed by atoms with van der Waals surface area (Å²) in [6.07, 6.45) is 25.3. The van der Waals surface area contributed by atoms with Gasteiger partial charge in [0.15, 0.2) is 0 Å². The molecule has 0 aliphatic heterocycles. The summed E-state index contributed by atoms with van der Waals surface area (Å²) in [7, 11) is 0. The van der Waals surface area contributed by atoms with E-state index in [4.69, 9.17) is 15.9 Å². The van der Waals surface area contributed by atoms with Gasteiger partial charge in [-0.25, -0.2) is 0 Å².